The minimum atomic E-state index is -1.57. The zero-order valence-corrected chi connectivity index (χ0v) is 40.3. The number of aliphatic hydroxyl groups is 5. The predicted octanol–water partition coefficient (Wildman–Crippen LogP) is 12.0. The van der Waals surface area contributed by atoms with Crippen LogP contribution in [0.5, 0.6) is 0 Å². The van der Waals surface area contributed by atoms with Crippen molar-refractivity contribution in [2.45, 2.75) is 262 Å². The van der Waals surface area contributed by atoms with E-state index in [9.17, 15) is 30.3 Å². The van der Waals surface area contributed by atoms with Crippen molar-refractivity contribution in [3.63, 3.8) is 0 Å². The lowest BCUT2D eigenvalue weighted by atomic mass is 9.99. The van der Waals surface area contributed by atoms with Crippen LogP contribution in [0.1, 0.15) is 219 Å². The fourth-order valence-corrected chi connectivity index (χ4v) is 7.99. The summed E-state index contributed by atoms with van der Waals surface area (Å²) in [5.41, 5.74) is 0. The molecule has 0 spiro atoms. The molecule has 0 aromatic carbocycles. The van der Waals surface area contributed by atoms with Gasteiger partial charge in [0.25, 0.3) is 0 Å². The normalized spacial score (nSPS) is 20.7. The second-order valence-corrected chi connectivity index (χ2v) is 18.0. The molecule has 7 unspecified atom stereocenters. The zero-order valence-electron chi connectivity index (χ0n) is 40.3. The molecule has 0 aliphatic carbocycles. The van der Waals surface area contributed by atoms with E-state index in [0.29, 0.717) is 6.42 Å². The highest BCUT2D eigenvalue weighted by Crippen LogP contribution is 2.23. The summed E-state index contributed by atoms with van der Waals surface area (Å²) in [6.07, 6.45) is 51.9. The van der Waals surface area contributed by atoms with Gasteiger partial charge in [0.15, 0.2) is 6.29 Å². The fourth-order valence-electron chi connectivity index (χ4n) is 7.99. The van der Waals surface area contributed by atoms with Crippen molar-refractivity contribution in [3.8, 4) is 0 Å². The lowest BCUT2D eigenvalue weighted by Gasteiger charge is -2.40. The minimum absolute atomic E-state index is 0.195. The average molecular weight is 888 g/mol. The molecule has 9 nitrogen and oxygen atoms in total. The maximum atomic E-state index is 12.9. The van der Waals surface area contributed by atoms with Gasteiger partial charge in [0.05, 0.1) is 25.4 Å². The average Bonchev–Trinajstić information content (AvgIpc) is 3.28. The molecule has 7 atom stereocenters. The van der Waals surface area contributed by atoms with Crippen molar-refractivity contribution in [1.82, 2.24) is 5.32 Å². The monoisotopic (exact) mass is 888 g/mol. The number of unbranched alkanes of at least 4 members (excludes halogenated alkanes) is 26. The van der Waals surface area contributed by atoms with Gasteiger partial charge >= 0.3 is 0 Å². The van der Waals surface area contributed by atoms with E-state index in [1.165, 1.54) is 148 Å². The first kappa shape index (κ1) is 58.9. The number of carbonyl (C=O) groups is 1. The molecule has 0 aromatic rings. The highest BCUT2D eigenvalue weighted by molar-refractivity contribution is 5.76. The number of allylic oxidation sites excluding steroid dienone is 9. The number of hydrogen-bond donors (Lipinski definition) is 6. The third-order valence-electron chi connectivity index (χ3n) is 12.1. The van der Waals surface area contributed by atoms with Crippen LogP contribution < -0.4 is 5.32 Å². The predicted molar refractivity (Wildman–Crippen MR) is 262 cm³/mol. The van der Waals surface area contributed by atoms with Crippen LogP contribution in [0.15, 0.2) is 60.8 Å². The van der Waals surface area contributed by atoms with Crippen LogP contribution in [0, 0.1) is 0 Å². The van der Waals surface area contributed by atoms with Crippen LogP contribution in [0.4, 0.5) is 0 Å². The van der Waals surface area contributed by atoms with E-state index in [-0.39, 0.29) is 12.5 Å². The van der Waals surface area contributed by atoms with Crippen molar-refractivity contribution in [2.75, 3.05) is 13.2 Å². The molecule has 1 saturated heterocycles. The number of carbonyl (C=O) groups excluding carboxylic acids is 1. The molecule has 0 aromatic heterocycles. The van der Waals surface area contributed by atoms with Gasteiger partial charge in [-0.05, 0) is 71.1 Å². The van der Waals surface area contributed by atoms with E-state index in [4.69, 9.17) is 9.47 Å². The molecule has 1 aliphatic rings. The fraction of sp³-hybridized carbons (Fsp3) is 0.796. The number of rotatable bonds is 43. The molecule has 9 heteroatoms. The largest absolute Gasteiger partial charge is 0.394 e. The van der Waals surface area contributed by atoms with Crippen LogP contribution >= 0.6 is 0 Å². The van der Waals surface area contributed by atoms with Crippen LogP contribution in [-0.2, 0) is 14.3 Å². The molecule has 366 valence electrons. The summed E-state index contributed by atoms with van der Waals surface area (Å²) in [6, 6.07) is -0.827. The van der Waals surface area contributed by atoms with Crippen molar-refractivity contribution in [2.24, 2.45) is 0 Å². The Morgan fingerprint density at radius 2 is 1.02 bits per heavy atom. The second kappa shape index (κ2) is 43.8. The van der Waals surface area contributed by atoms with Crippen molar-refractivity contribution in [3.05, 3.63) is 60.8 Å². The van der Waals surface area contributed by atoms with Gasteiger partial charge in [0.1, 0.15) is 24.4 Å². The summed E-state index contributed by atoms with van der Waals surface area (Å²) >= 11 is 0. The smallest absolute Gasteiger partial charge is 0.220 e. The summed E-state index contributed by atoms with van der Waals surface area (Å²) < 4.78 is 11.2. The molecule has 1 rings (SSSR count). The van der Waals surface area contributed by atoms with E-state index in [0.717, 1.165) is 51.4 Å². The molecule has 1 amide bonds. The molecule has 6 N–H and O–H groups in total. The molecule has 1 aliphatic heterocycles. The third kappa shape index (κ3) is 33.9. The number of amides is 1. The van der Waals surface area contributed by atoms with E-state index >= 15 is 0 Å². The van der Waals surface area contributed by atoms with Gasteiger partial charge in [-0.1, -0.05) is 203 Å². The SMILES string of the molecule is C/C=C/CC/C=C/CC/C=C/C(O)C(COC1OC(CO)C(O)C(O)C1O)NC(=O)CCCCCCCCCCCCCCCCC/C=C\C/C=C\CCCCCCCCCCC. The van der Waals surface area contributed by atoms with Gasteiger partial charge in [-0.15, -0.1) is 0 Å². The second-order valence-electron chi connectivity index (χ2n) is 18.0. The van der Waals surface area contributed by atoms with Crippen molar-refractivity contribution < 1.29 is 39.8 Å². The summed E-state index contributed by atoms with van der Waals surface area (Å²) in [5.74, 6) is -0.195. The Balaban J connectivity index is 2.12. The van der Waals surface area contributed by atoms with Crippen LogP contribution in [0.2, 0.25) is 0 Å². The molecular weight excluding hydrogens is 791 g/mol. The first-order chi connectivity index (χ1) is 30.8. The Kier molecular flexibility index (Phi) is 40.9. The van der Waals surface area contributed by atoms with Crippen LogP contribution in [0.3, 0.4) is 0 Å². The molecule has 1 heterocycles. The molecular formula is C54H97NO8. The summed E-state index contributed by atoms with van der Waals surface area (Å²) in [7, 11) is 0. The van der Waals surface area contributed by atoms with E-state index in [1.807, 2.05) is 19.1 Å². The first-order valence-electron chi connectivity index (χ1n) is 26.0. The Bertz CT molecular complexity index is 1170. The van der Waals surface area contributed by atoms with Gasteiger partial charge in [-0.25, -0.2) is 0 Å². The maximum absolute atomic E-state index is 12.9. The van der Waals surface area contributed by atoms with Crippen LogP contribution in [0.25, 0.3) is 0 Å². The van der Waals surface area contributed by atoms with Gasteiger partial charge in [0.2, 0.25) is 5.91 Å². The highest BCUT2D eigenvalue weighted by Gasteiger charge is 2.44. The van der Waals surface area contributed by atoms with E-state index in [2.05, 4.69) is 54.8 Å². The standard InChI is InChI=1S/C54H97NO8/c1-3-5-7-9-11-13-14-15-16-17-18-19-20-21-22-23-24-25-26-27-28-29-30-31-32-33-34-36-38-40-42-44-50(58)55-47(48(57)43-41-39-37-35-12-10-8-6-4-2)46-62-54-53(61)52(60)51(59)49(45-56)63-54/h4,6,12,18-19,21-22,35,41,43,47-49,51-54,56-57,59-61H,3,5,7-11,13-17,20,23-34,36-40,42,44-46H2,1-2H3,(H,55,58)/b6-4+,19-18-,22-21-,35-12+,43-41+. The highest BCUT2D eigenvalue weighted by atomic mass is 16.7. The Morgan fingerprint density at radius 1 is 0.571 bits per heavy atom. The number of hydrogen-bond acceptors (Lipinski definition) is 8. The summed E-state index contributed by atoms with van der Waals surface area (Å²) in [5, 5.41) is 54.0. The van der Waals surface area contributed by atoms with Crippen LogP contribution in [-0.4, -0.2) is 87.5 Å². The van der Waals surface area contributed by atoms with Gasteiger partial charge < -0.3 is 40.3 Å². The van der Waals surface area contributed by atoms with E-state index in [1.54, 1.807) is 6.08 Å². The van der Waals surface area contributed by atoms with E-state index < -0.39 is 49.5 Å². The topological polar surface area (TPSA) is 149 Å². The lowest BCUT2D eigenvalue weighted by molar-refractivity contribution is -0.302. The number of ether oxygens (including phenoxy) is 2. The Labute approximate surface area is 386 Å². The maximum Gasteiger partial charge on any atom is 0.220 e. The molecule has 0 saturated carbocycles. The third-order valence-corrected chi connectivity index (χ3v) is 12.1. The zero-order chi connectivity index (χ0) is 45.9. The number of aliphatic hydroxyl groups excluding tert-OH is 5. The molecule has 1 fully saturated rings. The Hall–Kier alpha value is -2.11. The quantitative estimate of drug-likeness (QED) is 0.0262. The summed E-state index contributed by atoms with van der Waals surface area (Å²) in [4.78, 5) is 12.9. The van der Waals surface area contributed by atoms with Crippen molar-refractivity contribution >= 4 is 5.91 Å². The summed E-state index contributed by atoms with van der Waals surface area (Å²) in [6.45, 7) is 3.51. The minimum Gasteiger partial charge on any atom is -0.394 e. The molecule has 63 heavy (non-hydrogen) atoms. The van der Waals surface area contributed by atoms with Crippen molar-refractivity contribution in [1.29, 1.82) is 0 Å². The molecule has 0 radical (unpaired) electrons. The van der Waals surface area contributed by atoms with Gasteiger partial charge in [0, 0.05) is 6.42 Å². The number of nitrogens with one attached hydrogen (secondary N) is 1. The first-order valence-corrected chi connectivity index (χ1v) is 26.0. The lowest BCUT2D eigenvalue weighted by Crippen LogP contribution is -2.60. The Morgan fingerprint density at radius 3 is 1.51 bits per heavy atom. The van der Waals surface area contributed by atoms with Gasteiger partial charge in [-0.2, -0.15) is 0 Å². The molecule has 0 bridgehead atoms. The van der Waals surface area contributed by atoms with Gasteiger partial charge in [-0.3, -0.25) is 4.79 Å².